The van der Waals surface area contributed by atoms with E-state index < -0.39 is 27.7 Å². The zero-order chi connectivity index (χ0) is 19.4. The molecule has 2 saturated carbocycles. The van der Waals surface area contributed by atoms with E-state index in [-0.39, 0.29) is 23.1 Å². The lowest BCUT2D eigenvalue weighted by Crippen LogP contribution is -2.67. The maximum Gasteiger partial charge on any atom is 0.217 e. The maximum absolute atomic E-state index is 15.1. The van der Waals surface area contributed by atoms with Gasteiger partial charge in [-0.1, -0.05) is 13.0 Å². The summed E-state index contributed by atoms with van der Waals surface area (Å²) in [6.07, 6.45) is 1.69. The maximum atomic E-state index is 15.1. The first kappa shape index (κ1) is 17.5. The van der Waals surface area contributed by atoms with Gasteiger partial charge in [0.25, 0.3) is 0 Å². The second-order valence-electron chi connectivity index (χ2n) is 9.34. The van der Waals surface area contributed by atoms with Crippen LogP contribution in [0.4, 0.5) is 4.39 Å². The van der Waals surface area contributed by atoms with Crippen LogP contribution in [0, 0.1) is 11.8 Å². The van der Waals surface area contributed by atoms with Gasteiger partial charge in [0.2, 0.25) is 10.0 Å². The molecule has 1 aromatic carbocycles. The Bertz CT molecular complexity index is 965. The molecule has 3 aliphatic carbocycles. The van der Waals surface area contributed by atoms with Gasteiger partial charge in [0, 0.05) is 23.6 Å². The first-order valence-electron chi connectivity index (χ1n) is 10.4. The number of benzene rings is 1. The van der Waals surface area contributed by atoms with Crippen molar-refractivity contribution in [2.45, 2.75) is 68.0 Å². The lowest BCUT2D eigenvalue weighted by Gasteiger charge is -2.58. The molecule has 1 saturated heterocycles. The van der Waals surface area contributed by atoms with Gasteiger partial charge < -0.3 is 9.47 Å². The van der Waals surface area contributed by atoms with Crippen LogP contribution < -0.4 is 9.47 Å². The topological polar surface area (TPSA) is 55.8 Å². The highest BCUT2D eigenvalue weighted by Crippen LogP contribution is 2.64. The molecule has 2 aliphatic heterocycles. The molecule has 3 fully saturated rings. The van der Waals surface area contributed by atoms with Crippen LogP contribution in [0.15, 0.2) is 12.1 Å². The second-order valence-corrected chi connectivity index (χ2v) is 11.4. The lowest BCUT2D eigenvalue weighted by molar-refractivity contribution is -0.0637. The Kier molecular flexibility index (Phi) is 3.39. The van der Waals surface area contributed by atoms with E-state index in [9.17, 15) is 8.42 Å². The number of rotatable bonds is 3. The van der Waals surface area contributed by atoms with Gasteiger partial charge in [-0.2, -0.15) is 4.31 Å². The summed E-state index contributed by atoms with van der Waals surface area (Å²) in [5.74, 6) is 1.72. The normalized spacial score (nSPS) is 43.2. The van der Waals surface area contributed by atoms with Gasteiger partial charge in [0.15, 0.2) is 11.5 Å². The minimum absolute atomic E-state index is 0.0861. The van der Waals surface area contributed by atoms with Crippen molar-refractivity contribution in [2.75, 3.05) is 13.7 Å². The van der Waals surface area contributed by atoms with Crippen molar-refractivity contribution in [1.82, 2.24) is 4.31 Å². The van der Waals surface area contributed by atoms with Gasteiger partial charge in [-0.3, -0.25) is 0 Å². The Labute approximate surface area is 165 Å². The summed E-state index contributed by atoms with van der Waals surface area (Å²) in [5.41, 5.74) is 1.80. The van der Waals surface area contributed by atoms with Crippen molar-refractivity contribution in [1.29, 1.82) is 0 Å². The van der Waals surface area contributed by atoms with Gasteiger partial charge in [0.1, 0.15) is 12.3 Å². The Morgan fingerprint density at radius 2 is 2.11 bits per heavy atom. The molecular weight excluding hydrogens is 381 g/mol. The van der Waals surface area contributed by atoms with E-state index in [1.807, 2.05) is 19.1 Å². The zero-order valence-electron chi connectivity index (χ0n) is 16.2. The number of ether oxygens (including phenoxy) is 2. The minimum Gasteiger partial charge on any atom is -0.493 e. The summed E-state index contributed by atoms with van der Waals surface area (Å²) in [6, 6.07) is 3.83. The zero-order valence-corrected chi connectivity index (χ0v) is 17.0. The summed E-state index contributed by atoms with van der Waals surface area (Å²) in [5, 5.41) is -0.234. The Hall–Kier alpha value is -1.34. The summed E-state index contributed by atoms with van der Waals surface area (Å²) >= 11 is 0. The molecule has 0 aromatic heterocycles. The Balaban J connectivity index is 1.52. The molecule has 4 unspecified atom stereocenters. The fourth-order valence-electron chi connectivity index (χ4n) is 6.79. The van der Waals surface area contributed by atoms with Crippen molar-refractivity contribution in [3.8, 4) is 11.5 Å². The molecule has 1 spiro atoms. The number of alkyl halides is 1. The number of piperidine rings is 1. The van der Waals surface area contributed by atoms with Gasteiger partial charge in [0.05, 0.1) is 12.4 Å². The highest BCUT2D eigenvalue weighted by Gasteiger charge is 2.67. The van der Waals surface area contributed by atoms with Gasteiger partial charge >= 0.3 is 0 Å². The number of hydrogen-bond acceptors (Lipinski definition) is 4. The number of hydrogen-bond donors (Lipinski definition) is 0. The molecule has 28 heavy (non-hydrogen) atoms. The van der Waals surface area contributed by atoms with Crippen LogP contribution in [-0.2, 0) is 21.9 Å². The third-order valence-corrected chi connectivity index (χ3v) is 10.7. The highest BCUT2D eigenvalue weighted by atomic mass is 32.2. The highest BCUT2D eigenvalue weighted by molar-refractivity contribution is 7.90. The number of methoxy groups -OCH3 is 1. The van der Waals surface area contributed by atoms with Crippen LogP contribution in [0.5, 0.6) is 11.5 Å². The monoisotopic (exact) mass is 407 g/mol. The Morgan fingerprint density at radius 1 is 1.32 bits per heavy atom. The fraction of sp³-hybridized carbons (Fsp3) is 0.714. The van der Waals surface area contributed by atoms with Crippen LogP contribution in [0.3, 0.4) is 0 Å². The predicted octanol–water partition coefficient (Wildman–Crippen LogP) is 2.81. The molecule has 0 amide bonds. The fourth-order valence-corrected chi connectivity index (χ4v) is 9.22. The third kappa shape index (κ3) is 1.93. The van der Waals surface area contributed by atoms with Crippen molar-refractivity contribution in [3.63, 3.8) is 0 Å². The van der Waals surface area contributed by atoms with Crippen molar-refractivity contribution in [3.05, 3.63) is 23.3 Å². The molecule has 7 heteroatoms. The smallest absolute Gasteiger partial charge is 0.217 e. The quantitative estimate of drug-likeness (QED) is 0.773. The molecule has 152 valence electrons. The average Bonchev–Trinajstić information content (AvgIpc) is 3.31. The first-order valence-corrected chi connectivity index (χ1v) is 11.9. The van der Waals surface area contributed by atoms with E-state index in [1.165, 1.54) is 0 Å². The number of halogens is 1. The molecule has 5 nitrogen and oxygen atoms in total. The van der Waals surface area contributed by atoms with E-state index >= 15 is 4.39 Å². The summed E-state index contributed by atoms with van der Waals surface area (Å²) < 4.78 is 55.2. The largest absolute Gasteiger partial charge is 0.493 e. The molecule has 7 atom stereocenters. The van der Waals surface area contributed by atoms with Crippen molar-refractivity contribution < 1.29 is 22.3 Å². The van der Waals surface area contributed by atoms with E-state index in [2.05, 4.69) is 0 Å². The standard InChI is InChI=1S/C21H26FNO4S/c1-11-9-17(11)28(24,25)23-8-7-21-13-4-5-14(22)20(21)27-19-16(26-2)6-3-12(18(19)21)10-15(13)23/h3,6,11,13-15,17,20H,4-5,7-10H2,1-2H3/t11?,13?,14?,15-,17?,20+,21+/m0/s1. The third-order valence-electron chi connectivity index (χ3n) is 8.14. The molecular formula is C21H26FNO4S. The number of nitrogens with zero attached hydrogens (tertiary/aromatic N) is 1. The second kappa shape index (κ2) is 5.42. The van der Waals surface area contributed by atoms with Gasteiger partial charge in [-0.25, -0.2) is 12.8 Å². The van der Waals surface area contributed by atoms with Crippen LogP contribution in [0.2, 0.25) is 0 Å². The lowest BCUT2D eigenvalue weighted by atomic mass is 9.52. The van der Waals surface area contributed by atoms with Gasteiger partial charge in [-0.05, 0) is 55.6 Å². The van der Waals surface area contributed by atoms with Crippen molar-refractivity contribution in [2.24, 2.45) is 11.8 Å². The molecule has 0 N–H and O–H groups in total. The first-order chi connectivity index (χ1) is 13.4. The molecule has 5 aliphatic rings. The molecule has 2 bridgehead atoms. The van der Waals surface area contributed by atoms with E-state index in [4.69, 9.17) is 9.47 Å². The van der Waals surface area contributed by atoms with E-state index in [0.717, 1.165) is 17.5 Å². The van der Waals surface area contributed by atoms with Crippen LogP contribution >= 0.6 is 0 Å². The van der Waals surface area contributed by atoms with Crippen LogP contribution in [-0.4, -0.2) is 49.9 Å². The molecule has 2 heterocycles. The van der Waals surface area contributed by atoms with Crippen LogP contribution in [0.1, 0.15) is 43.7 Å². The molecule has 0 radical (unpaired) electrons. The predicted molar refractivity (Wildman–Crippen MR) is 102 cm³/mol. The summed E-state index contributed by atoms with van der Waals surface area (Å²) in [7, 11) is -1.68. The SMILES string of the molecule is COc1ccc2c3c1O[C@@H]1C(F)CCC4[C@H](C2)N(S(=O)(=O)C2CC2C)CC[C@]341. The Morgan fingerprint density at radius 3 is 2.82 bits per heavy atom. The van der Waals surface area contributed by atoms with E-state index in [0.29, 0.717) is 43.7 Å². The minimum atomic E-state index is -3.30. The van der Waals surface area contributed by atoms with Gasteiger partial charge in [-0.15, -0.1) is 0 Å². The molecule has 1 aromatic rings. The summed E-state index contributed by atoms with van der Waals surface area (Å²) in [6.45, 7) is 2.48. The summed E-state index contributed by atoms with van der Waals surface area (Å²) in [4.78, 5) is 0. The average molecular weight is 408 g/mol. The van der Waals surface area contributed by atoms with E-state index in [1.54, 1.807) is 11.4 Å². The molecule has 6 rings (SSSR count). The number of sulfonamides is 1. The van der Waals surface area contributed by atoms with Crippen molar-refractivity contribution >= 4 is 10.0 Å². The van der Waals surface area contributed by atoms with Crippen LogP contribution in [0.25, 0.3) is 0 Å².